The van der Waals surface area contributed by atoms with Crippen LogP contribution in [0.3, 0.4) is 0 Å². The Morgan fingerprint density at radius 1 is 0.775 bits per heavy atom. The molecule has 26 heteroatoms. The Hall–Kier alpha value is -9.10. The molecule has 0 unspecified atom stereocenters. The number of aromatic nitrogens is 3. The molecule has 1 saturated heterocycles. The lowest BCUT2D eigenvalue weighted by atomic mass is 9.98. The molecule has 14 N–H and O–H groups in total. The van der Waals surface area contributed by atoms with E-state index in [4.69, 9.17) is 26.1 Å². The van der Waals surface area contributed by atoms with Gasteiger partial charge in [-0.05, 0) is 86.3 Å². The highest BCUT2D eigenvalue weighted by Crippen LogP contribution is 2.21. The van der Waals surface area contributed by atoms with Gasteiger partial charge in [0.25, 0.3) is 11.9 Å². The topological polar surface area (TPSA) is 405 Å². The number of imidazole rings is 1. The predicted octanol–water partition coefficient (Wildman–Crippen LogP) is 1.40. The zero-order chi connectivity index (χ0) is 58.6. The summed E-state index contributed by atoms with van der Waals surface area (Å²) < 4.78 is 5.35. The van der Waals surface area contributed by atoms with E-state index in [-0.39, 0.29) is 88.5 Å². The van der Waals surface area contributed by atoms with Gasteiger partial charge >= 0.3 is 12.1 Å². The molecule has 0 saturated carbocycles. The summed E-state index contributed by atoms with van der Waals surface area (Å²) in [7, 11) is 0. The van der Waals surface area contributed by atoms with E-state index < -0.39 is 95.6 Å². The van der Waals surface area contributed by atoms with Crippen LogP contribution in [0.15, 0.2) is 96.6 Å². The fourth-order valence-electron chi connectivity index (χ4n) is 8.37. The Morgan fingerprint density at radius 2 is 1.45 bits per heavy atom. The van der Waals surface area contributed by atoms with E-state index in [9.17, 15) is 48.6 Å². The first-order valence-corrected chi connectivity index (χ1v) is 26.2. The zero-order valence-corrected chi connectivity index (χ0v) is 45.0. The summed E-state index contributed by atoms with van der Waals surface area (Å²) in [6.45, 7) is 4.94. The van der Waals surface area contributed by atoms with Gasteiger partial charge in [0.05, 0.1) is 11.9 Å². The van der Waals surface area contributed by atoms with Gasteiger partial charge in [-0.1, -0.05) is 62.7 Å². The number of likely N-dealkylation sites (tertiary alicyclic amines) is 1. The van der Waals surface area contributed by atoms with Crippen molar-refractivity contribution in [2.45, 2.75) is 128 Å². The minimum absolute atomic E-state index is 0.0244. The summed E-state index contributed by atoms with van der Waals surface area (Å²) >= 11 is 0. The molecule has 26 nitrogen and oxygen atoms in total. The van der Waals surface area contributed by atoms with Crippen LogP contribution in [0.25, 0.3) is 0 Å². The standard InChI is InChI=1S/C52H69N13O11.C2H4O2/c1-3-32(2)43(50(73)74)64-48(71)42-17-11-25-65(42)49(72)41(27-36-29-56-31-59-36)62-46(69)39(60-47(70)40(26-33-18-20-37(66)21-19-33)61-44(67)35-14-9-22-55-28-35)15-7-8-23-57-45(68)38(16-10-24-58-51(53)54)63-52(75)76-30-34-12-5-4-6-13-34;1-2(3)4/h4-6,9,12-14,18-22,28-29,31-32,38-43,66H,3,7-8,10-11,15-17,23-27,30H2,1-2H3,(H,56,59)(H,57,68)(H,60,70)(H,61,67)(H,62,69)(H,63,75)(H,64,71)(H,73,74)(H4,53,54,58);1H3,(H,3,4)/t32-,38-,39-,40-,41-,42-,43-;/m0./s1. The Bertz CT molecular complexity index is 2670. The number of benzene rings is 2. The number of carbonyl (C=O) groups excluding carboxylic acids is 7. The van der Waals surface area contributed by atoms with Crippen LogP contribution in [0, 0.1) is 5.92 Å². The number of ether oxygens (including phenoxy) is 1. The molecule has 432 valence electrons. The maximum absolute atomic E-state index is 14.7. The number of carboxylic acid groups (broad SMARTS) is 2. The minimum Gasteiger partial charge on any atom is -0.508 e. The van der Waals surface area contributed by atoms with Crippen LogP contribution in [0.5, 0.6) is 5.75 Å². The number of aliphatic imine (C=N–C) groups is 1. The molecule has 80 heavy (non-hydrogen) atoms. The number of H-pyrrole nitrogens is 1. The van der Waals surface area contributed by atoms with Crippen LogP contribution in [0.4, 0.5) is 4.79 Å². The number of nitrogens with two attached hydrogens (primary N) is 2. The van der Waals surface area contributed by atoms with Crippen molar-refractivity contribution in [2.75, 3.05) is 19.6 Å². The molecule has 7 amide bonds. The number of alkyl carbamates (subject to hydrolysis) is 1. The number of hydrogen-bond donors (Lipinski definition) is 12. The third kappa shape index (κ3) is 22.1. The van der Waals surface area contributed by atoms with Crippen molar-refractivity contribution >= 4 is 59.4 Å². The van der Waals surface area contributed by atoms with Crippen molar-refractivity contribution in [3.05, 3.63) is 114 Å². The van der Waals surface area contributed by atoms with Crippen molar-refractivity contribution < 1.29 is 63.2 Å². The number of aromatic hydroxyl groups is 1. The fraction of sp³-hybridized carbons (Fsp3) is 0.444. The van der Waals surface area contributed by atoms with E-state index in [1.54, 1.807) is 56.3 Å². The Balaban J connectivity index is 0.00000333. The molecule has 3 heterocycles. The van der Waals surface area contributed by atoms with Crippen LogP contribution in [-0.2, 0) is 57.7 Å². The number of pyridine rings is 1. The second-order valence-electron chi connectivity index (χ2n) is 19.0. The van der Waals surface area contributed by atoms with Gasteiger partial charge in [-0.15, -0.1) is 0 Å². The van der Waals surface area contributed by atoms with Gasteiger partial charge in [-0.2, -0.15) is 0 Å². The van der Waals surface area contributed by atoms with Crippen LogP contribution < -0.4 is 43.4 Å². The molecular weight excluding hydrogens is 1040 g/mol. The normalized spacial score (nSPS) is 14.8. The number of nitrogens with one attached hydrogen (secondary N) is 7. The smallest absolute Gasteiger partial charge is 0.408 e. The van der Waals surface area contributed by atoms with Gasteiger partial charge in [0, 0.05) is 63.7 Å². The number of carboxylic acids is 2. The lowest BCUT2D eigenvalue weighted by Gasteiger charge is -2.31. The van der Waals surface area contributed by atoms with Crippen LogP contribution in [0.1, 0.15) is 99.3 Å². The first kappa shape index (κ1) is 63.4. The first-order valence-electron chi connectivity index (χ1n) is 26.2. The van der Waals surface area contributed by atoms with E-state index in [0.717, 1.165) is 12.5 Å². The summed E-state index contributed by atoms with van der Waals surface area (Å²) in [6, 6.07) is 10.8. The number of carbonyl (C=O) groups is 9. The van der Waals surface area contributed by atoms with Crippen molar-refractivity contribution in [1.29, 1.82) is 0 Å². The van der Waals surface area contributed by atoms with Crippen molar-refractivity contribution in [3.8, 4) is 5.75 Å². The second-order valence-corrected chi connectivity index (χ2v) is 19.0. The highest BCUT2D eigenvalue weighted by atomic mass is 16.5. The first-order chi connectivity index (χ1) is 38.3. The monoisotopic (exact) mass is 1110 g/mol. The van der Waals surface area contributed by atoms with Gasteiger partial charge in [0.1, 0.15) is 48.6 Å². The molecule has 1 aliphatic rings. The van der Waals surface area contributed by atoms with Crippen LogP contribution in [0.2, 0.25) is 0 Å². The molecule has 1 fully saturated rings. The van der Waals surface area contributed by atoms with E-state index in [1.807, 2.05) is 6.07 Å². The number of phenols is 1. The summed E-state index contributed by atoms with van der Waals surface area (Å²) in [5.74, 6) is -6.61. The molecule has 1 aliphatic heterocycles. The van der Waals surface area contributed by atoms with E-state index in [1.165, 1.54) is 48.0 Å². The molecule has 7 atom stereocenters. The average Bonchev–Trinajstić information content (AvgIpc) is 4.20. The lowest BCUT2D eigenvalue weighted by Crippen LogP contribution is -2.59. The van der Waals surface area contributed by atoms with E-state index >= 15 is 0 Å². The molecule has 2 aromatic heterocycles. The number of rotatable bonds is 29. The maximum Gasteiger partial charge on any atom is 0.408 e. The summed E-state index contributed by atoms with van der Waals surface area (Å²) in [5.41, 5.74) is 12.9. The molecule has 5 rings (SSSR count). The van der Waals surface area contributed by atoms with E-state index in [0.29, 0.717) is 30.5 Å². The Labute approximate surface area is 462 Å². The van der Waals surface area contributed by atoms with Gasteiger partial charge in [0.15, 0.2) is 5.96 Å². The number of aliphatic carboxylic acids is 2. The number of amides is 7. The number of guanidine groups is 1. The highest BCUT2D eigenvalue weighted by molar-refractivity contribution is 5.99. The second kappa shape index (κ2) is 33.2. The van der Waals surface area contributed by atoms with Gasteiger partial charge in [0.2, 0.25) is 29.5 Å². The largest absolute Gasteiger partial charge is 0.508 e. The zero-order valence-electron chi connectivity index (χ0n) is 45.0. The third-order valence-corrected chi connectivity index (χ3v) is 12.7. The van der Waals surface area contributed by atoms with Crippen molar-refractivity contribution in [1.82, 2.24) is 51.8 Å². The van der Waals surface area contributed by atoms with E-state index in [2.05, 4.69) is 51.8 Å². The molecule has 0 bridgehead atoms. The number of nitrogens with zero attached hydrogens (tertiary/aromatic N) is 4. The summed E-state index contributed by atoms with van der Waals surface area (Å²) in [4.78, 5) is 135. The van der Waals surface area contributed by atoms with Crippen molar-refractivity contribution in [3.63, 3.8) is 0 Å². The van der Waals surface area contributed by atoms with Gasteiger partial charge in [-0.25, -0.2) is 14.6 Å². The maximum atomic E-state index is 14.7. The Morgan fingerprint density at radius 3 is 2.09 bits per heavy atom. The van der Waals surface area contributed by atoms with Gasteiger partial charge < -0.3 is 73.3 Å². The van der Waals surface area contributed by atoms with Crippen molar-refractivity contribution in [2.24, 2.45) is 22.4 Å². The number of aromatic amines is 1. The fourth-order valence-corrected chi connectivity index (χ4v) is 8.37. The molecule has 0 aliphatic carbocycles. The van der Waals surface area contributed by atoms with Gasteiger partial charge in [-0.3, -0.25) is 43.5 Å². The minimum atomic E-state index is -1.35. The predicted molar refractivity (Wildman–Crippen MR) is 291 cm³/mol. The molecular formula is C54H73N13O13. The average molecular weight is 1110 g/mol. The number of unbranched alkanes of at least 4 members (excludes halogenated alkanes) is 1. The summed E-state index contributed by atoms with van der Waals surface area (Å²) in [5, 5.41) is 43.6. The van der Waals surface area contributed by atoms with Crippen LogP contribution >= 0.6 is 0 Å². The molecule has 0 radical (unpaired) electrons. The molecule has 4 aromatic rings. The molecule has 2 aromatic carbocycles. The van der Waals surface area contributed by atoms with Crippen LogP contribution in [-0.4, -0.2) is 150 Å². The quantitative estimate of drug-likeness (QED) is 0.0208. The number of hydrogen-bond acceptors (Lipinski definition) is 14. The Kier molecular flexibility index (Phi) is 26.4. The highest BCUT2D eigenvalue weighted by Gasteiger charge is 2.40. The summed E-state index contributed by atoms with van der Waals surface area (Å²) in [6.07, 6.45) is 6.70. The number of phenolic OH excluding ortho intramolecular Hbond substituents is 1. The SMILES string of the molecule is CC(=O)O.CC[C@H](C)[C@H](NC(=O)[C@@H]1CCCN1C(=O)[C@H](Cc1cnc[nH]1)NC(=O)[C@H](CCCCNC(=O)[C@H](CCCN=C(N)N)NC(=O)OCc1ccccc1)NC(=O)[C@H](Cc1ccc(O)cc1)NC(=O)c1cccnc1)C(=O)O. The third-order valence-electron chi connectivity index (χ3n) is 12.7. The lowest BCUT2D eigenvalue weighted by molar-refractivity contribution is -0.146. The molecule has 0 spiro atoms.